The highest BCUT2D eigenvalue weighted by molar-refractivity contribution is 7.15. The third kappa shape index (κ3) is 3.46. The van der Waals surface area contributed by atoms with Crippen molar-refractivity contribution in [1.82, 2.24) is 14.6 Å². The summed E-state index contributed by atoms with van der Waals surface area (Å²) in [4.78, 5) is 17.6. The van der Waals surface area contributed by atoms with E-state index in [-0.39, 0.29) is 17.7 Å². The molecule has 30 heavy (non-hydrogen) atoms. The van der Waals surface area contributed by atoms with Gasteiger partial charge in [0, 0.05) is 16.5 Å². The Morgan fingerprint density at radius 3 is 2.27 bits per heavy atom. The molecule has 146 valence electrons. The van der Waals surface area contributed by atoms with Crippen molar-refractivity contribution >= 4 is 28.2 Å². The first-order valence-corrected chi connectivity index (χ1v) is 10.1. The van der Waals surface area contributed by atoms with E-state index in [1.165, 1.54) is 23.5 Å². The van der Waals surface area contributed by atoms with Crippen LogP contribution in [0.3, 0.4) is 0 Å². The lowest BCUT2D eigenvalue weighted by Crippen LogP contribution is -2.13. The number of aromatic nitrogens is 3. The van der Waals surface area contributed by atoms with Gasteiger partial charge in [0.2, 0.25) is 4.96 Å². The molecule has 0 bridgehead atoms. The van der Waals surface area contributed by atoms with Gasteiger partial charge in [-0.15, -0.1) is 16.4 Å². The lowest BCUT2D eigenvalue weighted by molar-refractivity contribution is 0.102. The molecule has 0 fully saturated rings. The van der Waals surface area contributed by atoms with E-state index in [4.69, 9.17) is 0 Å². The number of hydrogen-bond donors (Lipinski definition) is 1. The lowest BCUT2D eigenvalue weighted by Gasteiger charge is -2.04. The molecule has 5 nitrogen and oxygen atoms in total. The Bertz CT molecular complexity index is 1330. The zero-order valence-electron chi connectivity index (χ0n) is 15.6. The number of rotatable bonds is 4. The van der Waals surface area contributed by atoms with Gasteiger partial charge in [-0.05, 0) is 47.5 Å². The maximum absolute atomic E-state index is 13.2. The fraction of sp³-hybridized carbons (Fsp3) is 0. The molecular weight excluding hydrogens is 399 g/mol. The Kier molecular flexibility index (Phi) is 4.57. The van der Waals surface area contributed by atoms with Crippen molar-refractivity contribution in [3.8, 4) is 22.4 Å². The maximum Gasteiger partial charge on any atom is 0.258 e. The predicted octanol–water partition coefficient (Wildman–Crippen LogP) is 5.52. The van der Waals surface area contributed by atoms with Crippen molar-refractivity contribution < 1.29 is 9.18 Å². The SMILES string of the molecule is O=C(Nc1nc2scc(-c3ccc(F)cc3)n2n1)c1ccc(-c2ccccc2)cc1. The topological polar surface area (TPSA) is 59.3 Å². The third-order valence-corrected chi connectivity index (χ3v) is 5.52. The van der Waals surface area contributed by atoms with Crippen LogP contribution in [0.25, 0.3) is 27.3 Å². The van der Waals surface area contributed by atoms with Gasteiger partial charge in [-0.2, -0.15) is 4.98 Å². The molecule has 0 spiro atoms. The van der Waals surface area contributed by atoms with Crippen LogP contribution in [-0.4, -0.2) is 20.5 Å². The fourth-order valence-electron chi connectivity index (χ4n) is 3.17. The highest BCUT2D eigenvalue weighted by Gasteiger charge is 2.14. The third-order valence-electron chi connectivity index (χ3n) is 4.70. The highest BCUT2D eigenvalue weighted by Crippen LogP contribution is 2.26. The molecule has 0 atom stereocenters. The number of benzene rings is 3. The van der Waals surface area contributed by atoms with Gasteiger partial charge < -0.3 is 0 Å². The monoisotopic (exact) mass is 414 g/mol. The Morgan fingerprint density at radius 1 is 0.867 bits per heavy atom. The molecule has 0 aliphatic heterocycles. The molecule has 1 N–H and O–H groups in total. The maximum atomic E-state index is 13.2. The Morgan fingerprint density at radius 2 is 1.53 bits per heavy atom. The normalized spacial score (nSPS) is 11.0. The summed E-state index contributed by atoms with van der Waals surface area (Å²) in [6, 6.07) is 23.5. The van der Waals surface area contributed by atoms with E-state index in [2.05, 4.69) is 15.4 Å². The molecule has 0 aliphatic rings. The largest absolute Gasteiger partial charge is 0.289 e. The van der Waals surface area contributed by atoms with Crippen LogP contribution in [0, 0.1) is 5.82 Å². The number of hydrogen-bond acceptors (Lipinski definition) is 4. The van der Waals surface area contributed by atoms with Gasteiger partial charge in [-0.3, -0.25) is 10.1 Å². The molecule has 2 heterocycles. The second-order valence-corrected chi connectivity index (χ2v) is 7.49. The molecule has 0 radical (unpaired) electrons. The molecule has 7 heteroatoms. The van der Waals surface area contributed by atoms with Crippen LogP contribution in [0.2, 0.25) is 0 Å². The van der Waals surface area contributed by atoms with Gasteiger partial charge in [-0.25, -0.2) is 8.91 Å². The molecule has 1 amide bonds. The summed E-state index contributed by atoms with van der Waals surface area (Å²) in [6.07, 6.45) is 0. The van der Waals surface area contributed by atoms with E-state index < -0.39 is 0 Å². The van der Waals surface area contributed by atoms with E-state index in [1.807, 2.05) is 47.8 Å². The van der Waals surface area contributed by atoms with E-state index in [9.17, 15) is 9.18 Å². The van der Waals surface area contributed by atoms with Gasteiger partial charge >= 0.3 is 0 Å². The zero-order chi connectivity index (χ0) is 20.5. The van der Waals surface area contributed by atoms with E-state index in [0.29, 0.717) is 10.5 Å². The predicted molar refractivity (Wildman–Crippen MR) is 116 cm³/mol. The van der Waals surface area contributed by atoms with Gasteiger partial charge in [0.05, 0.1) is 5.69 Å². The van der Waals surface area contributed by atoms with E-state index in [1.54, 1.807) is 28.8 Å². The van der Waals surface area contributed by atoms with Crippen LogP contribution < -0.4 is 5.32 Å². The van der Waals surface area contributed by atoms with Crippen LogP contribution in [-0.2, 0) is 0 Å². The zero-order valence-corrected chi connectivity index (χ0v) is 16.4. The summed E-state index contributed by atoms with van der Waals surface area (Å²) in [5, 5.41) is 9.04. The second kappa shape index (κ2) is 7.53. The number of halogens is 1. The molecule has 0 aliphatic carbocycles. The average Bonchev–Trinajstić information content (AvgIpc) is 3.35. The van der Waals surface area contributed by atoms with Gasteiger partial charge in [0.25, 0.3) is 11.9 Å². The first kappa shape index (κ1) is 18.2. The Labute approximate surface area is 175 Å². The van der Waals surface area contributed by atoms with Crippen molar-refractivity contribution in [3.05, 3.63) is 95.6 Å². The van der Waals surface area contributed by atoms with Gasteiger partial charge in [-0.1, -0.05) is 42.5 Å². The van der Waals surface area contributed by atoms with Crippen LogP contribution in [0.1, 0.15) is 10.4 Å². The molecule has 3 aromatic carbocycles. The number of nitrogens with zero attached hydrogens (tertiary/aromatic N) is 3. The first-order valence-electron chi connectivity index (χ1n) is 9.24. The van der Waals surface area contributed by atoms with Gasteiger partial charge in [0.1, 0.15) is 5.82 Å². The summed E-state index contributed by atoms with van der Waals surface area (Å²) in [5.41, 5.74) is 4.26. The molecular formula is C23H15FN4OS. The number of fused-ring (bicyclic) bond motifs is 1. The van der Waals surface area contributed by atoms with Crippen molar-refractivity contribution in [2.75, 3.05) is 5.32 Å². The number of anilines is 1. The summed E-state index contributed by atoms with van der Waals surface area (Å²) in [6.45, 7) is 0. The summed E-state index contributed by atoms with van der Waals surface area (Å²) < 4.78 is 14.8. The standard InChI is InChI=1S/C23H15FN4OS/c24-19-12-10-17(11-13-19)20-14-30-23-26-22(27-28(20)23)25-21(29)18-8-6-16(7-9-18)15-4-2-1-3-5-15/h1-14H,(H,25,27,29). The minimum absolute atomic E-state index is 0.224. The molecule has 0 unspecified atom stereocenters. The molecule has 5 aromatic rings. The number of carbonyl (C=O) groups is 1. The minimum Gasteiger partial charge on any atom is -0.289 e. The lowest BCUT2D eigenvalue weighted by atomic mass is 10.0. The van der Waals surface area contributed by atoms with Crippen LogP contribution >= 0.6 is 11.3 Å². The number of thiazole rings is 1. The smallest absolute Gasteiger partial charge is 0.258 e. The molecule has 0 saturated carbocycles. The Balaban J connectivity index is 1.36. The minimum atomic E-state index is -0.296. The summed E-state index contributed by atoms with van der Waals surface area (Å²) >= 11 is 1.40. The van der Waals surface area contributed by atoms with Crippen LogP contribution in [0.5, 0.6) is 0 Å². The average molecular weight is 414 g/mol. The van der Waals surface area contributed by atoms with E-state index >= 15 is 0 Å². The quantitative estimate of drug-likeness (QED) is 0.421. The molecule has 5 rings (SSSR count). The number of amides is 1. The van der Waals surface area contributed by atoms with Gasteiger partial charge in [0.15, 0.2) is 0 Å². The summed E-state index contributed by atoms with van der Waals surface area (Å²) in [7, 11) is 0. The fourth-order valence-corrected chi connectivity index (χ4v) is 4.00. The van der Waals surface area contributed by atoms with Crippen LogP contribution in [0.4, 0.5) is 10.3 Å². The van der Waals surface area contributed by atoms with E-state index in [0.717, 1.165) is 22.4 Å². The second-order valence-electron chi connectivity index (χ2n) is 6.66. The van der Waals surface area contributed by atoms with Crippen molar-refractivity contribution in [1.29, 1.82) is 0 Å². The van der Waals surface area contributed by atoms with Crippen molar-refractivity contribution in [2.24, 2.45) is 0 Å². The number of carbonyl (C=O) groups excluding carboxylic acids is 1. The highest BCUT2D eigenvalue weighted by atomic mass is 32.1. The van der Waals surface area contributed by atoms with Crippen molar-refractivity contribution in [3.63, 3.8) is 0 Å². The first-order chi connectivity index (χ1) is 14.7. The van der Waals surface area contributed by atoms with Crippen molar-refractivity contribution in [2.45, 2.75) is 0 Å². The van der Waals surface area contributed by atoms with Crippen LogP contribution in [0.15, 0.2) is 84.2 Å². The Hall–Kier alpha value is -3.84. The number of nitrogens with one attached hydrogen (secondary N) is 1. The molecule has 2 aromatic heterocycles. The summed E-state index contributed by atoms with van der Waals surface area (Å²) in [5.74, 6) is -0.353. The molecule has 0 saturated heterocycles.